The summed E-state index contributed by atoms with van der Waals surface area (Å²) in [5.41, 5.74) is 2.66. The number of pyridine rings is 1. The lowest BCUT2D eigenvalue weighted by Gasteiger charge is -2.16. The summed E-state index contributed by atoms with van der Waals surface area (Å²) < 4.78 is 41.3. The van der Waals surface area contributed by atoms with Gasteiger partial charge >= 0.3 is 6.18 Å². The van der Waals surface area contributed by atoms with Crippen LogP contribution in [0.25, 0.3) is 10.9 Å². The number of rotatable bonds is 9. The zero-order chi connectivity index (χ0) is 27.2. The number of fused-ring (bicyclic) bond motifs is 1. The number of hydrogen-bond donors (Lipinski definition) is 1. The van der Waals surface area contributed by atoms with Gasteiger partial charge in [-0.25, -0.2) is 0 Å². The Morgan fingerprint density at radius 3 is 2.51 bits per heavy atom. The molecule has 196 valence electrons. The Morgan fingerprint density at radius 2 is 1.89 bits per heavy atom. The molecule has 1 unspecified atom stereocenters. The standard InChI is InChI=1S/C29H34F3N5/c1-21(18-36(4)5)8-9-22-10-12-26-23(15-22)16-25(37(26)20-29(30,31)32)7-6-14-34-24-11-13-27(35-17-24)28(2,3)19-33/h10-13,15-17,21,34H,8-9,14,18,20H2,1-5H3. The van der Waals surface area contributed by atoms with Crippen molar-refractivity contribution in [1.29, 1.82) is 5.26 Å². The van der Waals surface area contributed by atoms with Gasteiger partial charge in [0.15, 0.2) is 0 Å². The third kappa shape index (κ3) is 8.00. The number of anilines is 1. The van der Waals surface area contributed by atoms with Crippen LogP contribution in [0.5, 0.6) is 0 Å². The SMILES string of the molecule is CC(CCc1ccc2c(c1)cc(C#CCNc1ccc(C(C)(C)C#N)nc1)n2CC(F)(F)F)CN(C)C. The molecule has 5 nitrogen and oxygen atoms in total. The molecule has 0 spiro atoms. The van der Waals surface area contributed by atoms with Gasteiger partial charge in [0.05, 0.1) is 41.3 Å². The summed E-state index contributed by atoms with van der Waals surface area (Å²) in [4.78, 5) is 6.48. The largest absolute Gasteiger partial charge is 0.406 e. The van der Waals surface area contributed by atoms with Crippen LogP contribution < -0.4 is 5.32 Å². The van der Waals surface area contributed by atoms with Gasteiger partial charge in [0.25, 0.3) is 0 Å². The van der Waals surface area contributed by atoms with E-state index in [1.165, 1.54) is 4.57 Å². The summed E-state index contributed by atoms with van der Waals surface area (Å²) in [6.45, 7) is 5.94. The minimum absolute atomic E-state index is 0.241. The topological polar surface area (TPSA) is 56.9 Å². The van der Waals surface area contributed by atoms with E-state index in [1.54, 1.807) is 38.2 Å². The Kier molecular flexibility index (Phi) is 8.89. The number of nitrogens with zero attached hydrogens (tertiary/aromatic N) is 4. The van der Waals surface area contributed by atoms with Crippen LogP contribution in [-0.4, -0.2) is 47.8 Å². The van der Waals surface area contributed by atoms with Crippen LogP contribution in [0.3, 0.4) is 0 Å². The van der Waals surface area contributed by atoms with E-state index in [0.717, 1.165) is 36.0 Å². The molecule has 1 atom stereocenters. The molecule has 1 aromatic carbocycles. The summed E-state index contributed by atoms with van der Waals surface area (Å²) in [5, 5.41) is 13.1. The van der Waals surface area contributed by atoms with Gasteiger partial charge in [-0.15, -0.1) is 0 Å². The predicted molar refractivity (Wildman–Crippen MR) is 142 cm³/mol. The molecule has 0 aliphatic rings. The minimum atomic E-state index is -4.36. The van der Waals surface area contributed by atoms with Crippen molar-refractivity contribution >= 4 is 16.6 Å². The van der Waals surface area contributed by atoms with Crippen molar-refractivity contribution < 1.29 is 13.2 Å². The predicted octanol–water partition coefficient (Wildman–Crippen LogP) is 5.99. The van der Waals surface area contributed by atoms with Crippen molar-refractivity contribution in [2.45, 2.75) is 51.7 Å². The third-order valence-corrected chi connectivity index (χ3v) is 6.19. The van der Waals surface area contributed by atoms with E-state index in [9.17, 15) is 18.4 Å². The molecule has 0 saturated heterocycles. The highest BCUT2D eigenvalue weighted by atomic mass is 19.4. The maximum atomic E-state index is 13.4. The molecular weight excluding hydrogens is 475 g/mol. The minimum Gasteiger partial charge on any atom is -0.373 e. The molecular formula is C29H34F3N5. The number of hydrogen-bond acceptors (Lipinski definition) is 4. The molecule has 0 bridgehead atoms. The van der Waals surface area contributed by atoms with Crippen LogP contribution in [0.4, 0.5) is 18.9 Å². The second kappa shape index (κ2) is 11.7. The van der Waals surface area contributed by atoms with Gasteiger partial charge < -0.3 is 14.8 Å². The second-order valence-electron chi connectivity index (χ2n) is 10.4. The monoisotopic (exact) mass is 509 g/mol. The van der Waals surface area contributed by atoms with E-state index in [-0.39, 0.29) is 6.54 Å². The van der Waals surface area contributed by atoms with E-state index >= 15 is 0 Å². The molecule has 37 heavy (non-hydrogen) atoms. The van der Waals surface area contributed by atoms with E-state index < -0.39 is 18.1 Å². The summed E-state index contributed by atoms with van der Waals surface area (Å²) in [6, 6.07) is 13.2. The van der Waals surface area contributed by atoms with Crippen LogP contribution in [-0.2, 0) is 18.4 Å². The van der Waals surface area contributed by atoms with Crippen molar-refractivity contribution in [3.8, 4) is 17.9 Å². The van der Waals surface area contributed by atoms with Crippen molar-refractivity contribution in [3.63, 3.8) is 0 Å². The van der Waals surface area contributed by atoms with Gasteiger partial charge in [-0.3, -0.25) is 4.98 Å². The lowest BCUT2D eigenvalue weighted by Crippen LogP contribution is -2.20. The van der Waals surface area contributed by atoms with Crippen molar-refractivity contribution in [3.05, 3.63) is 59.5 Å². The first-order valence-electron chi connectivity index (χ1n) is 12.3. The Balaban J connectivity index is 1.76. The van der Waals surface area contributed by atoms with Crippen molar-refractivity contribution in [2.24, 2.45) is 5.92 Å². The molecule has 0 saturated carbocycles. The molecule has 2 aromatic heterocycles. The Morgan fingerprint density at radius 1 is 1.14 bits per heavy atom. The van der Waals surface area contributed by atoms with E-state index in [1.807, 2.05) is 32.3 Å². The molecule has 0 fully saturated rings. The van der Waals surface area contributed by atoms with Crippen LogP contribution >= 0.6 is 0 Å². The fraction of sp³-hybridized carbons (Fsp3) is 0.448. The molecule has 2 heterocycles. The van der Waals surface area contributed by atoms with Gasteiger partial charge in [-0.2, -0.15) is 18.4 Å². The van der Waals surface area contributed by atoms with Crippen molar-refractivity contribution in [2.75, 3.05) is 32.5 Å². The van der Waals surface area contributed by atoms with Gasteiger partial charge in [-0.05, 0) is 88.5 Å². The van der Waals surface area contributed by atoms with Crippen molar-refractivity contribution in [1.82, 2.24) is 14.5 Å². The highest BCUT2D eigenvalue weighted by Crippen LogP contribution is 2.27. The summed E-state index contributed by atoms with van der Waals surface area (Å²) in [7, 11) is 4.10. The van der Waals surface area contributed by atoms with E-state index in [4.69, 9.17) is 0 Å². The average molecular weight is 510 g/mol. The van der Waals surface area contributed by atoms with Gasteiger partial charge in [0, 0.05) is 17.4 Å². The van der Waals surface area contributed by atoms with Crippen LogP contribution in [0.2, 0.25) is 0 Å². The molecule has 3 aromatic rings. The van der Waals surface area contributed by atoms with E-state index in [2.05, 4.69) is 40.0 Å². The molecule has 0 amide bonds. The molecule has 0 aliphatic heterocycles. The highest BCUT2D eigenvalue weighted by molar-refractivity contribution is 5.83. The first-order valence-corrected chi connectivity index (χ1v) is 12.3. The second-order valence-corrected chi connectivity index (χ2v) is 10.4. The van der Waals surface area contributed by atoms with Crippen LogP contribution in [0.1, 0.15) is 44.1 Å². The maximum Gasteiger partial charge on any atom is 0.406 e. The molecule has 8 heteroatoms. The van der Waals surface area contributed by atoms with Gasteiger partial charge in [0.1, 0.15) is 6.54 Å². The molecule has 3 rings (SSSR count). The Hall–Kier alpha value is -3.49. The zero-order valence-electron chi connectivity index (χ0n) is 22.1. The Labute approximate surface area is 217 Å². The first kappa shape index (κ1) is 28.1. The smallest absolute Gasteiger partial charge is 0.373 e. The summed E-state index contributed by atoms with van der Waals surface area (Å²) in [5.74, 6) is 6.37. The average Bonchev–Trinajstić information content (AvgIpc) is 3.15. The number of aromatic nitrogens is 2. The lowest BCUT2D eigenvalue weighted by molar-refractivity contribution is -0.140. The van der Waals surface area contributed by atoms with Crippen LogP contribution in [0, 0.1) is 29.1 Å². The Bertz CT molecular complexity index is 1300. The maximum absolute atomic E-state index is 13.4. The van der Waals surface area contributed by atoms with Gasteiger partial charge in [0.2, 0.25) is 0 Å². The molecule has 1 N–H and O–H groups in total. The molecule has 0 aliphatic carbocycles. The van der Waals surface area contributed by atoms with Crippen LogP contribution in [0.15, 0.2) is 42.6 Å². The summed E-state index contributed by atoms with van der Waals surface area (Å²) in [6.07, 6.45) is -0.850. The fourth-order valence-corrected chi connectivity index (χ4v) is 4.26. The zero-order valence-corrected chi connectivity index (χ0v) is 22.1. The fourth-order valence-electron chi connectivity index (χ4n) is 4.26. The highest BCUT2D eigenvalue weighted by Gasteiger charge is 2.29. The van der Waals surface area contributed by atoms with E-state index in [0.29, 0.717) is 22.8 Å². The summed E-state index contributed by atoms with van der Waals surface area (Å²) >= 11 is 0. The number of alkyl halides is 3. The number of aryl methyl sites for hydroxylation is 1. The normalized spacial score (nSPS) is 12.8. The molecule has 0 radical (unpaired) electrons. The lowest BCUT2D eigenvalue weighted by atomic mass is 9.91. The number of halogens is 3. The quantitative estimate of drug-likeness (QED) is 0.360. The number of nitrogens with one attached hydrogen (secondary N) is 1. The first-order chi connectivity index (χ1) is 17.4. The third-order valence-electron chi connectivity index (χ3n) is 6.19. The number of benzene rings is 1. The van der Waals surface area contributed by atoms with Gasteiger partial charge in [-0.1, -0.05) is 18.9 Å². The number of nitriles is 1.